The molecule has 148 valence electrons. The van der Waals surface area contributed by atoms with Crippen molar-refractivity contribution in [1.29, 1.82) is 0 Å². The van der Waals surface area contributed by atoms with Crippen LogP contribution in [0, 0.1) is 5.41 Å². The Kier molecular flexibility index (Phi) is 4.67. The number of fused-ring (bicyclic) bond motifs is 2. The molecule has 0 spiro atoms. The lowest BCUT2D eigenvalue weighted by Crippen LogP contribution is -2.38. The van der Waals surface area contributed by atoms with Crippen LogP contribution in [0.5, 0.6) is 11.5 Å². The molecule has 3 aromatic rings. The fraction of sp³-hybridized carbons (Fsp3) is 0.200. The first-order chi connectivity index (χ1) is 13.9. The van der Waals surface area contributed by atoms with E-state index in [0.717, 1.165) is 11.1 Å². The number of carbonyl (C=O) groups excluding carboxylic acids is 1. The maximum Gasteiger partial charge on any atom is 0.232 e. The predicted molar refractivity (Wildman–Crippen MR) is 110 cm³/mol. The number of para-hydroxylation sites is 1. The van der Waals surface area contributed by atoms with Gasteiger partial charge in [-0.2, -0.15) is 0 Å². The topological polar surface area (TPSA) is 123 Å². The Bertz CT molecular complexity index is 1100. The van der Waals surface area contributed by atoms with Gasteiger partial charge in [0.2, 0.25) is 11.0 Å². The third-order valence-electron chi connectivity index (χ3n) is 5.07. The van der Waals surface area contributed by atoms with Crippen molar-refractivity contribution in [1.82, 2.24) is 10.2 Å². The molecule has 0 fully saturated rings. The second-order valence-electron chi connectivity index (χ2n) is 7.23. The van der Waals surface area contributed by atoms with Crippen LogP contribution in [0.2, 0.25) is 0 Å². The van der Waals surface area contributed by atoms with Crippen LogP contribution < -0.4 is 15.8 Å². The van der Waals surface area contributed by atoms with Crippen molar-refractivity contribution < 1.29 is 14.7 Å². The quantitative estimate of drug-likeness (QED) is 0.262. The van der Waals surface area contributed by atoms with Gasteiger partial charge < -0.3 is 21.0 Å². The highest BCUT2D eigenvalue weighted by molar-refractivity contribution is 7.13. The van der Waals surface area contributed by atoms with Gasteiger partial charge in [-0.15, -0.1) is 10.2 Å². The van der Waals surface area contributed by atoms with Gasteiger partial charge in [0.25, 0.3) is 0 Å². The van der Waals surface area contributed by atoms with E-state index in [1.165, 1.54) is 11.3 Å². The van der Waals surface area contributed by atoms with Gasteiger partial charge in [0.1, 0.15) is 17.0 Å². The lowest BCUT2D eigenvalue weighted by Gasteiger charge is -2.38. The van der Waals surface area contributed by atoms with Crippen LogP contribution in [-0.4, -0.2) is 27.1 Å². The van der Waals surface area contributed by atoms with Crippen LogP contribution in [0.25, 0.3) is 0 Å². The molecule has 4 rings (SSSR count). The molecule has 0 saturated heterocycles. The molecular formula is C20H19N5O3S. The van der Waals surface area contributed by atoms with Crippen LogP contribution >= 0.6 is 11.3 Å². The number of benzene rings is 2. The second kappa shape index (κ2) is 7.17. The minimum atomic E-state index is -0.835. The largest absolute Gasteiger partial charge is 0.457 e. The minimum absolute atomic E-state index is 0.0138. The average Bonchev–Trinajstić information content (AvgIpc) is 3.23. The van der Waals surface area contributed by atoms with Gasteiger partial charge >= 0.3 is 0 Å². The van der Waals surface area contributed by atoms with Crippen LogP contribution in [0.3, 0.4) is 0 Å². The van der Waals surface area contributed by atoms with Crippen molar-refractivity contribution in [3.05, 3.63) is 64.7 Å². The summed E-state index contributed by atoms with van der Waals surface area (Å²) >= 11 is 1.26. The summed E-state index contributed by atoms with van der Waals surface area (Å²) in [6.07, 6.45) is 0. The number of nitrogens with two attached hydrogens (primary N) is 1. The van der Waals surface area contributed by atoms with E-state index in [9.17, 15) is 4.79 Å². The molecule has 1 aromatic heterocycles. The summed E-state index contributed by atoms with van der Waals surface area (Å²) in [5, 5.41) is 23.0. The van der Waals surface area contributed by atoms with Gasteiger partial charge in [0.05, 0.1) is 5.41 Å². The highest BCUT2D eigenvalue weighted by atomic mass is 32.1. The molecule has 1 amide bonds. The van der Waals surface area contributed by atoms with E-state index in [4.69, 9.17) is 15.7 Å². The highest BCUT2D eigenvalue weighted by Crippen LogP contribution is 2.52. The van der Waals surface area contributed by atoms with Gasteiger partial charge in [-0.05, 0) is 12.1 Å². The molecule has 0 radical (unpaired) electrons. The van der Waals surface area contributed by atoms with Crippen molar-refractivity contribution in [3.63, 3.8) is 0 Å². The fourth-order valence-electron chi connectivity index (χ4n) is 3.57. The molecule has 1 aliphatic heterocycles. The van der Waals surface area contributed by atoms with Crippen molar-refractivity contribution in [2.75, 3.05) is 5.32 Å². The zero-order chi connectivity index (χ0) is 20.6. The van der Waals surface area contributed by atoms with E-state index in [1.54, 1.807) is 17.6 Å². The van der Waals surface area contributed by atoms with E-state index in [2.05, 4.69) is 20.7 Å². The van der Waals surface area contributed by atoms with Crippen molar-refractivity contribution in [3.8, 4) is 11.5 Å². The highest BCUT2D eigenvalue weighted by Gasteiger charge is 2.43. The van der Waals surface area contributed by atoms with Crippen LogP contribution in [0.4, 0.5) is 5.13 Å². The van der Waals surface area contributed by atoms with Crippen LogP contribution in [-0.2, 0) is 4.79 Å². The summed E-state index contributed by atoms with van der Waals surface area (Å²) in [5.41, 5.74) is 8.75. The van der Waals surface area contributed by atoms with Gasteiger partial charge in [-0.3, -0.25) is 4.79 Å². The van der Waals surface area contributed by atoms with Crippen molar-refractivity contribution in [2.24, 2.45) is 16.3 Å². The van der Waals surface area contributed by atoms with Crippen LogP contribution in [0.15, 0.2) is 53.1 Å². The Morgan fingerprint density at radius 2 is 2.00 bits per heavy atom. The number of nitrogens with zero attached hydrogens (tertiary/aromatic N) is 3. The molecule has 29 heavy (non-hydrogen) atoms. The normalized spacial score (nSPS) is 15.8. The second-order valence-corrected chi connectivity index (χ2v) is 8.06. The first-order valence-corrected chi connectivity index (χ1v) is 9.76. The smallest absolute Gasteiger partial charge is 0.232 e. The molecule has 1 unspecified atom stereocenters. The number of oxime groups is 1. The molecule has 0 aliphatic carbocycles. The summed E-state index contributed by atoms with van der Waals surface area (Å²) in [5.74, 6) is 0.757. The number of anilines is 1. The monoisotopic (exact) mass is 409 g/mol. The van der Waals surface area contributed by atoms with E-state index in [1.807, 2.05) is 44.2 Å². The first-order valence-electron chi connectivity index (χ1n) is 8.88. The summed E-state index contributed by atoms with van der Waals surface area (Å²) in [6.45, 7) is 3.77. The number of amides is 1. The third kappa shape index (κ3) is 3.29. The minimum Gasteiger partial charge on any atom is -0.457 e. The summed E-state index contributed by atoms with van der Waals surface area (Å²) in [6, 6.07) is 12.9. The average molecular weight is 409 g/mol. The van der Waals surface area contributed by atoms with Crippen molar-refractivity contribution in [2.45, 2.75) is 19.8 Å². The van der Waals surface area contributed by atoms with Gasteiger partial charge in [-0.25, -0.2) is 0 Å². The van der Waals surface area contributed by atoms with Gasteiger partial charge in [-0.1, -0.05) is 60.7 Å². The molecule has 1 atom stereocenters. The number of rotatable bonds is 4. The van der Waals surface area contributed by atoms with E-state index < -0.39 is 5.41 Å². The number of nitrogens with one attached hydrogen (secondary N) is 1. The van der Waals surface area contributed by atoms with Crippen LogP contribution in [0.1, 0.15) is 36.5 Å². The molecule has 4 N–H and O–H groups in total. The number of hydrogen-bond acceptors (Lipinski definition) is 7. The Hall–Kier alpha value is -3.46. The standard InChI is InChI=1S/C20H19N5O3S/c1-20(2,18(26)23-19-24-22-10-29-19)16-12-5-3-4-6-14(12)28-15-9-11(17(21)25-27)7-8-13(15)16/h3-10,16,27H,1-2H3,(H2,21,25)(H,23,24,26). The molecule has 1 aliphatic rings. The fourth-order valence-corrected chi connectivity index (χ4v) is 4.01. The zero-order valence-corrected chi connectivity index (χ0v) is 16.6. The number of hydrogen-bond donors (Lipinski definition) is 3. The number of aromatic nitrogens is 2. The summed E-state index contributed by atoms with van der Waals surface area (Å²) < 4.78 is 6.08. The third-order valence-corrected chi connectivity index (χ3v) is 5.67. The van der Waals surface area contributed by atoms with E-state index >= 15 is 0 Å². The Balaban J connectivity index is 1.81. The summed E-state index contributed by atoms with van der Waals surface area (Å²) in [4.78, 5) is 13.2. The maximum atomic E-state index is 13.2. The maximum absolute atomic E-state index is 13.2. The first kappa shape index (κ1) is 18.9. The predicted octanol–water partition coefficient (Wildman–Crippen LogP) is 3.54. The number of amidine groups is 1. The Labute approximate surface area is 171 Å². The SMILES string of the molecule is CC(C)(C(=O)Nc1nncs1)C1c2ccccc2Oc2cc(/C(N)=N\O)ccc21. The van der Waals surface area contributed by atoms with Crippen molar-refractivity contribution >= 4 is 28.2 Å². The Morgan fingerprint density at radius 1 is 1.24 bits per heavy atom. The zero-order valence-electron chi connectivity index (χ0n) is 15.8. The Morgan fingerprint density at radius 3 is 2.72 bits per heavy atom. The number of ether oxygens (including phenoxy) is 1. The molecule has 2 heterocycles. The van der Waals surface area contributed by atoms with Gasteiger partial charge in [0, 0.05) is 22.6 Å². The lowest BCUT2D eigenvalue weighted by atomic mass is 9.69. The van der Waals surface area contributed by atoms with E-state index in [0.29, 0.717) is 22.2 Å². The van der Waals surface area contributed by atoms with E-state index in [-0.39, 0.29) is 17.7 Å². The molecule has 9 heteroatoms. The lowest BCUT2D eigenvalue weighted by molar-refractivity contribution is -0.124. The molecule has 8 nitrogen and oxygen atoms in total. The molecule has 2 aromatic carbocycles. The summed E-state index contributed by atoms with van der Waals surface area (Å²) in [7, 11) is 0. The molecule has 0 bridgehead atoms. The molecule has 0 saturated carbocycles. The molecular weight excluding hydrogens is 390 g/mol. The number of carbonyl (C=O) groups is 1. The van der Waals surface area contributed by atoms with Gasteiger partial charge in [0.15, 0.2) is 5.84 Å².